The highest BCUT2D eigenvalue weighted by Crippen LogP contribution is 2.13. The monoisotopic (exact) mass is 221 g/mol. The molecule has 2 rings (SSSR count). The highest BCUT2D eigenvalue weighted by atomic mass is 32.2. The summed E-state index contributed by atoms with van der Waals surface area (Å²) in [7, 11) is -0.676. The van der Waals surface area contributed by atoms with Crippen molar-refractivity contribution in [3.63, 3.8) is 0 Å². The van der Waals surface area contributed by atoms with Crippen molar-refractivity contribution in [2.75, 3.05) is 29.5 Å². The summed E-state index contributed by atoms with van der Waals surface area (Å²) in [6.45, 7) is 1.52. The molecule has 0 bridgehead atoms. The Balaban J connectivity index is 2.16. The van der Waals surface area contributed by atoms with Crippen LogP contribution in [-0.2, 0) is 10.8 Å². The zero-order chi connectivity index (χ0) is 10.7. The van der Waals surface area contributed by atoms with Crippen LogP contribution >= 0.6 is 0 Å². The maximum absolute atomic E-state index is 11.2. The fourth-order valence-corrected chi connectivity index (χ4v) is 2.58. The zero-order valence-electron chi connectivity index (χ0n) is 8.22. The molecule has 0 atom stereocenters. The van der Waals surface area contributed by atoms with Gasteiger partial charge in [-0.3, -0.25) is 4.21 Å². The summed E-state index contributed by atoms with van der Waals surface area (Å²) in [5.41, 5.74) is 0.430. The molecule has 2 heterocycles. The molecule has 0 N–H and O–H groups in total. The summed E-state index contributed by atoms with van der Waals surface area (Å²) in [4.78, 5) is 6.28. The summed E-state index contributed by atoms with van der Waals surface area (Å²) in [5, 5.41) is 8.72. The Labute approximate surface area is 91.0 Å². The van der Waals surface area contributed by atoms with Crippen LogP contribution in [0, 0.1) is 11.3 Å². The molecule has 0 aromatic carbocycles. The van der Waals surface area contributed by atoms with Gasteiger partial charge in [0.2, 0.25) is 0 Å². The molecule has 4 nitrogen and oxygen atoms in total. The van der Waals surface area contributed by atoms with Crippen LogP contribution in [0.25, 0.3) is 0 Å². The lowest BCUT2D eigenvalue weighted by molar-refractivity contribution is 0.672. The molecule has 0 spiro atoms. The van der Waals surface area contributed by atoms with Crippen LogP contribution in [0.4, 0.5) is 5.82 Å². The first-order valence-corrected chi connectivity index (χ1v) is 6.25. The first-order chi connectivity index (χ1) is 7.29. The maximum Gasteiger partial charge on any atom is 0.142 e. The number of hydrogen-bond acceptors (Lipinski definition) is 4. The van der Waals surface area contributed by atoms with E-state index in [1.165, 1.54) is 0 Å². The predicted molar refractivity (Wildman–Crippen MR) is 59.0 cm³/mol. The van der Waals surface area contributed by atoms with Crippen molar-refractivity contribution in [2.24, 2.45) is 0 Å². The SMILES string of the molecule is N#Cc1cccc(N2CCS(=O)CC2)n1. The van der Waals surface area contributed by atoms with Gasteiger partial charge in [-0.05, 0) is 12.1 Å². The van der Waals surface area contributed by atoms with E-state index in [0.29, 0.717) is 17.2 Å². The van der Waals surface area contributed by atoms with E-state index in [-0.39, 0.29) is 0 Å². The van der Waals surface area contributed by atoms with Crippen molar-refractivity contribution in [3.05, 3.63) is 23.9 Å². The minimum absolute atomic E-state index is 0.430. The van der Waals surface area contributed by atoms with E-state index >= 15 is 0 Å². The van der Waals surface area contributed by atoms with Gasteiger partial charge in [-0.15, -0.1) is 0 Å². The van der Waals surface area contributed by atoms with Gasteiger partial charge in [-0.1, -0.05) is 6.07 Å². The Morgan fingerprint density at radius 2 is 2.13 bits per heavy atom. The van der Waals surface area contributed by atoms with E-state index in [0.717, 1.165) is 18.9 Å². The number of nitrogens with zero attached hydrogens (tertiary/aromatic N) is 3. The molecule has 1 saturated heterocycles. The highest BCUT2D eigenvalue weighted by molar-refractivity contribution is 7.85. The normalized spacial score (nSPS) is 17.4. The van der Waals surface area contributed by atoms with Crippen molar-refractivity contribution >= 4 is 16.6 Å². The molecule has 0 saturated carbocycles. The van der Waals surface area contributed by atoms with Gasteiger partial charge in [0, 0.05) is 35.4 Å². The minimum Gasteiger partial charge on any atom is -0.355 e. The van der Waals surface area contributed by atoms with Crippen LogP contribution in [0.15, 0.2) is 18.2 Å². The van der Waals surface area contributed by atoms with Crippen LogP contribution in [0.1, 0.15) is 5.69 Å². The lowest BCUT2D eigenvalue weighted by Gasteiger charge is -2.27. The fraction of sp³-hybridized carbons (Fsp3) is 0.400. The molecule has 1 aliphatic rings. The number of pyridine rings is 1. The summed E-state index contributed by atoms with van der Waals surface area (Å²) < 4.78 is 11.2. The zero-order valence-corrected chi connectivity index (χ0v) is 9.04. The summed E-state index contributed by atoms with van der Waals surface area (Å²) in [6, 6.07) is 7.41. The van der Waals surface area contributed by atoms with Crippen molar-refractivity contribution in [3.8, 4) is 6.07 Å². The Kier molecular flexibility index (Phi) is 2.97. The smallest absolute Gasteiger partial charge is 0.142 e. The Morgan fingerprint density at radius 1 is 1.40 bits per heavy atom. The third-order valence-electron chi connectivity index (χ3n) is 2.35. The molecule has 0 amide bonds. The second-order valence-corrected chi connectivity index (χ2v) is 5.02. The molecule has 0 radical (unpaired) electrons. The van der Waals surface area contributed by atoms with Crippen molar-refractivity contribution in [1.82, 2.24) is 4.98 Å². The van der Waals surface area contributed by atoms with Crippen LogP contribution in [0.5, 0.6) is 0 Å². The van der Waals surface area contributed by atoms with Crippen LogP contribution in [0.3, 0.4) is 0 Å². The van der Waals surface area contributed by atoms with Crippen molar-refractivity contribution in [2.45, 2.75) is 0 Å². The molecule has 1 aliphatic heterocycles. The first-order valence-electron chi connectivity index (χ1n) is 4.76. The van der Waals surface area contributed by atoms with Crippen molar-refractivity contribution in [1.29, 1.82) is 5.26 Å². The predicted octanol–water partition coefficient (Wildman–Crippen LogP) is 0.522. The second kappa shape index (κ2) is 4.41. The van der Waals surface area contributed by atoms with Crippen LogP contribution in [-0.4, -0.2) is 33.8 Å². The fourth-order valence-electron chi connectivity index (χ4n) is 1.53. The molecule has 0 aliphatic carbocycles. The number of hydrogen-bond donors (Lipinski definition) is 0. The van der Waals surface area contributed by atoms with Gasteiger partial charge in [0.05, 0.1) is 0 Å². The Morgan fingerprint density at radius 3 is 2.80 bits per heavy atom. The minimum atomic E-state index is -0.676. The molecule has 1 aromatic rings. The number of nitriles is 1. The van der Waals surface area contributed by atoms with Gasteiger partial charge in [0.15, 0.2) is 0 Å². The molecule has 15 heavy (non-hydrogen) atoms. The number of aromatic nitrogens is 1. The van der Waals surface area contributed by atoms with Gasteiger partial charge in [-0.2, -0.15) is 5.26 Å². The number of anilines is 1. The molecule has 5 heteroatoms. The van der Waals surface area contributed by atoms with Gasteiger partial charge in [-0.25, -0.2) is 4.98 Å². The first kappa shape index (κ1) is 10.1. The average Bonchev–Trinajstić information content (AvgIpc) is 2.30. The standard InChI is InChI=1S/C10H11N3OS/c11-8-9-2-1-3-10(12-9)13-4-6-15(14)7-5-13/h1-3H,4-7H2. The van der Waals surface area contributed by atoms with Crippen LogP contribution in [0.2, 0.25) is 0 Å². The lowest BCUT2D eigenvalue weighted by Crippen LogP contribution is -2.38. The van der Waals surface area contributed by atoms with Gasteiger partial charge in [0.1, 0.15) is 17.6 Å². The molecule has 1 aromatic heterocycles. The largest absolute Gasteiger partial charge is 0.355 e. The van der Waals surface area contributed by atoms with Gasteiger partial charge >= 0.3 is 0 Å². The molecular weight excluding hydrogens is 210 g/mol. The third kappa shape index (κ3) is 2.34. The second-order valence-electron chi connectivity index (χ2n) is 3.33. The summed E-state index contributed by atoms with van der Waals surface area (Å²) in [6.07, 6.45) is 0. The quantitative estimate of drug-likeness (QED) is 0.694. The topological polar surface area (TPSA) is 57.0 Å². The highest BCUT2D eigenvalue weighted by Gasteiger charge is 2.16. The van der Waals surface area contributed by atoms with Gasteiger partial charge in [0.25, 0.3) is 0 Å². The summed E-state index contributed by atoms with van der Waals surface area (Å²) in [5.74, 6) is 2.20. The molecule has 0 unspecified atom stereocenters. The average molecular weight is 221 g/mol. The van der Waals surface area contributed by atoms with E-state index in [1.807, 2.05) is 18.2 Å². The van der Waals surface area contributed by atoms with Crippen LogP contribution < -0.4 is 4.90 Å². The molecule has 1 fully saturated rings. The molecular formula is C10H11N3OS. The molecule has 78 valence electrons. The maximum atomic E-state index is 11.2. The van der Waals surface area contributed by atoms with Gasteiger partial charge < -0.3 is 4.90 Å². The Bertz CT molecular complexity index is 417. The number of rotatable bonds is 1. The van der Waals surface area contributed by atoms with E-state index < -0.39 is 10.8 Å². The van der Waals surface area contributed by atoms with Crippen molar-refractivity contribution < 1.29 is 4.21 Å². The van der Waals surface area contributed by atoms with E-state index in [2.05, 4.69) is 9.88 Å². The van der Waals surface area contributed by atoms with E-state index in [9.17, 15) is 4.21 Å². The van der Waals surface area contributed by atoms with E-state index in [4.69, 9.17) is 5.26 Å². The third-order valence-corrected chi connectivity index (χ3v) is 3.63. The lowest BCUT2D eigenvalue weighted by atomic mass is 10.3. The van der Waals surface area contributed by atoms with E-state index in [1.54, 1.807) is 6.07 Å². The summed E-state index contributed by atoms with van der Waals surface area (Å²) >= 11 is 0. The Hall–Kier alpha value is -1.41.